The number of pyridine rings is 1. The molecule has 1 unspecified atom stereocenters. The summed E-state index contributed by atoms with van der Waals surface area (Å²) in [4.78, 5) is 33.1. The van der Waals surface area contributed by atoms with Gasteiger partial charge >= 0.3 is 0 Å². The largest absolute Gasteiger partial charge is 0.372 e. The molecule has 1 fully saturated rings. The summed E-state index contributed by atoms with van der Waals surface area (Å²) in [5, 5.41) is 6.73. The van der Waals surface area contributed by atoms with Crippen molar-refractivity contribution in [3.63, 3.8) is 0 Å². The van der Waals surface area contributed by atoms with E-state index in [0.29, 0.717) is 53.7 Å². The van der Waals surface area contributed by atoms with Crippen LogP contribution in [0.4, 0.5) is 10.1 Å². The van der Waals surface area contributed by atoms with E-state index in [1.165, 1.54) is 13.1 Å². The van der Waals surface area contributed by atoms with Gasteiger partial charge in [0, 0.05) is 37.3 Å². The molecular weight excluding hydrogens is 437 g/mol. The number of morpholine rings is 1. The Morgan fingerprint density at radius 1 is 1.35 bits per heavy atom. The highest BCUT2D eigenvalue weighted by Gasteiger charge is 2.32. The molecule has 2 amide bonds. The Kier molecular flexibility index (Phi) is 6.55. The number of carbonyl (C=O) groups is 2. The van der Waals surface area contributed by atoms with E-state index in [0.717, 1.165) is 5.56 Å². The van der Waals surface area contributed by atoms with Crippen molar-refractivity contribution >= 4 is 39.3 Å². The van der Waals surface area contributed by atoms with E-state index >= 15 is 0 Å². The summed E-state index contributed by atoms with van der Waals surface area (Å²) in [7, 11) is 0. The highest BCUT2D eigenvalue weighted by Crippen LogP contribution is 2.32. The maximum absolute atomic E-state index is 14.4. The summed E-state index contributed by atoms with van der Waals surface area (Å²) in [6, 6.07) is 3.40. The number of carbonyl (C=O) groups excluding carboxylic acids is 2. The van der Waals surface area contributed by atoms with Crippen molar-refractivity contribution in [3.05, 3.63) is 35.9 Å². The quantitative estimate of drug-likeness (QED) is 0.515. The second kappa shape index (κ2) is 9.41. The van der Waals surface area contributed by atoms with Crippen LogP contribution in [0.1, 0.15) is 26.3 Å². The van der Waals surface area contributed by atoms with Crippen LogP contribution in [0.15, 0.2) is 24.5 Å². The van der Waals surface area contributed by atoms with Crippen LogP contribution in [-0.2, 0) is 14.3 Å². The van der Waals surface area contributed by atoms with E-state index in [2.05, 4.69) is 37.3 Å². The zero-order chi connectivity index (χ0) is 24.5. The summed E-state index contributed by atoms with van der Waals surface area (Å²) < 4.78 is 20.3. The van der Waals surface area contributed by atoms with Crippen LogP contribution < -0.4 is 10.6 Å². The van der Waals surface area contributed by atoms with Gasteiger partial charge in [-0.2, -0.15) is 0 Å². The van der Waals surface area contributed by atoms with E-state index in [1.807, 2.05) is 32.9 Å². The first-order chi connectivity index (χ1) is 16.1. The van der Waals surface area contributed by atoms with Crippen LogP contribution >= 0.6 is 0 Å². The van der Waals surface area contributed by atoms with Crippen molar-refractivity contribution in [1.29, 1.82) is 0 Å². The predicted octanol–water partition coefficient (Wildman–Crippen LogP) is 2.72. The molecular formula is C25H28FN5O3. The average Bonchev–Trinajstić information content (AvgIpc) is 3.12. The number of benzene rings is 1. The van der Waals surface area contributed by atoms with E-state index < -0.39 is 11.7 Å². The molecule has 9 heteroatoms. The van der Waals surface area contributed by atoms with Crippen LogP contribution in [0.2, 0.25) is 0 Å². The minimum absolute atomic E-state index is 0.0911. The number of ether oxygens (including phenoxy) is 1. The van der Waals surface area contributed by atoms with E-state index in [1.54, 1.807) is 6.20 Å². The van der Waals surface area contributed by atoms with Gasteiger partial charge in [-0.05, 0) is 44.4 Å². The molecule has 1 aromatic carbocycles. The lowest BCUT2D eigenvalue weighted by Crippen LogP contribution is -2.55. The second-order valence-corrected chi connectivity index (χ2v) is 9.17. The van der Waals surface area contributed by atoms with Crippen LogP contribution in [0, 0.1) is 24.6 Å². The molecule has 1 saturated heterocycles. The highest BCUT2D eigenvalue weighted by molar-refractivity contribution is 6.15. The zero-order valence-corrected chi connectivity index (χ0v) is 19.7. The smallest absolute Gasteiger partial charge is 0.300 e. The third-order valence-corrected chi connectivity index (χ3v) is 5.74. The van der Waals surface area contributed by atoms with Crippen molar-refractivity contribution in [2.75, 3.05) is 31.6 Å². The normalized spacial score (nSPS) is 17.9. The van der Waals surface area contributed by atoms with Gasteiger partial charge in [0.2, 0.25) is 5.91 Å². The molecule has 34 heavy (non-hydrogen) atoms. The van der Waals surface area contributed by atoms with E-state index in [4.69, 9.17) is 4.74 Å². The third-order valence-electron chi connectivity index (χ3n) is 5.74. The Bertz CT molecular complexity index is 1320. The molecule has 178 valence electrons. The Hall–Kier alpha value is -3.48. The summed E-state index contributed by atoms with van der Waals surface area (Å²) in [6.07, 6.45) is 2.73. The Balaban J connectivity index is 1.55. The molecule has 0 spiro atoms. The van der Waals surface area contributed by atoms with Gasteiger partial charge in [0.1, 0.15) is 0 Å². The number of hydrogen-bond acceptors (Lipinski definition) is 5. The van der Waals surface area contributed by atoms with Crippen LogP contribution in [0.25, 0.3) is 21.8 Å². The molecule has 3 heterocycles. The maximum Gasteiger partial charge on any atom is 0.300 e. The third kappa shape index (κ3) is 5.19. The van der Waals surface area contributed by atoms with Crippen molar-refractivity contribution in [2.45, 2.75) is 39.3 Å². The number of amides is 2. The summed E-state index contributed by atoms with van der Waals surface area (Å²) in [6.45, 7) is 9.42. The summed E-state index contributed by atoms with van der Waals surface area (Å²) in [5.41, 5.74) is 2.22. The number of nitrogens with zero attached hydrogens (tertiary/aromatic N) is 2. The fourth-order valence-corrected chi connectivity index (χ4v) is 4.26. The first-order valence-electron chi connectivity index (χ1n) is 11.1. The molecule has 0 radical (unpaired) electrons. The van der Waals surface area contributed by atoms with Gasteiger partial charge in [-0.25, -0.2) is 4.39 Å². The molecule has 0 aliphatic carbocycles. The lowest BCUT2D eigenvalue weighted by atomic mass is 10.0. The summed E-state index contributed by atoms with van der Waals surface area (Å²) >= 11 is 0. The van der Waals surface area contributed by atoms with Gasteiger partial charge in [0.25, 0.3) is 5.91 Å². The lowest BCUT2D eigenvalue weighted by Gasteiger charge is -2.41. The van der Waals surface area contributed by atoms with Gasteiger partial charge in [0.05, 0.1) is 47.4 Å². The van der Waals surface area contributed by atoms with E-state index in [-0.39, 0.29) is 17.6 Å². The molecule has 4 rings (SSSR count). The number of H-pyrrole nitrogens is 1. The molecule has 1 aliphatic rings. The number of hydrogen-bond donors (Lipinski definition) is 3. The molecule has 3 N–H and O–H groups in total. The van der Waals surface area contributed by atoms with Crippen molar-refractivity contribution in [3.8, 4) is 11.8 Å². The fraction of sp³-hybridized carbons (Fsp3) is 0.400. The molecule has 0 bridgehead atoms. The second-order valence-electron chi connectivity index (χ2n) is 9.17. The molecule has 8 nitrogen and oxygen atoms in total. The van der Waals surface area contributed by atoms with E-state index in [9.17, 15) is 14.0 Å². The number of rotatable bonds is 4. The lowest BCUT2D eigenvalue weighted by molar-refractivity contribution is -0.119. The molecule has 2 aromatic heterocycles. The van der Waals surface area contributed by atoms with Crippen LogP contribution in [0.3, 0.4) is 0 Å². The Labute approximate surface area is 197 Å². The molecule has 3 aromatic rings. The number of aryl methyl sites for hydroxylation is 1. The SMILES string of the molecule is CC(=O)NCCN1CC(C)(C)OCC1C#CC(=O)Nc1cc(C)cc2c1[nH]c1cncc(F)c12. The maximum atomic E-state index is 14.4. The van der Waals surface area contributed by atoms with Gasteiger partial charge in [-0.15, -0.1) is 0 Å². The van der Waals surface area contributed by atoms with Gasteiger partial charge in [0.15, 0.2) is 5.82 Å². The topological polar surface area (TPSA) is 99.4 Å². The minimum atomic E-state index is -0.476. The average molecular weight is 466 g/mol. The first-order valence-corrected chi connectivity index (χ1v) is 11.1. The number of aromatic nitrogens is 2. The number of anilines is 1. The van der Waals surface area contributed by atoms with Gasteiger partial charge < -0.3 is 20.4 Å². The predicted molar refractivity (Wildman–Crippen MR) is 129 cm³/mol. The van der Waals surface area contributed by atoms with Crippen molar-refractivity contribution in [2.24, 2.45) is 0 Å². The molecule has 1 atom stereocenters. The van der Waals surface area contributed by atoms with Gasteiger partial charge in [-0.1, -0.05) is 5.92 Å². The Morgan fingerprint density at radius 2 is 2.15 bits per heavy atom. The van der Waals surface area contributed by atoms with Gasteiger partial charge in [-0.3, -0.25) is 19.5 Å². The highest BCUT2D eigenvalue weighted by atomic mass is 19.1. The monoisotopic (exact) mass is 465 g/mol. The van der Waals surface area contributed by atoms with Crippen molar-refractivity contribution < 1.29 is 18.7 Å². The number of halogens is 1. The first kappa shape index (κ1) is 23.7. The molecule has 1 aliphatic heterocycles. The summed E-state index contributed by atoms with van der Waals surface area (Å²) in [5.74, 6) is 4.70. The number of fused-ring (bicyclic) bond motifs is 3. The number of aromatic amines is 1. The minimum Gasteiger partial charge on any atom is -0.372 e. The van der Waals surface area contributed by atoms with Crippen LogP contribution in [0.5, 0.6) is 0 Å². The molecule has 0 saturated carbocycles. The van der Waals surface area contributed by atoms with Crippen LogP contribution in [-0.4, -0.2) is 64.6 Å². The Morgan fingerprint density at radius 3 is 2.91 bits per heavy atom. The zero-order valence-electron chi connectivity index (χ0n) is 19.7. The fourth-order valence-electron chi connectivity index (χ4n) is 4.26. The number of nitrogens with one attached hydrogen (secondary N) is 3. The van der Waals surface area contributed by atoms with Crippen molar-refractivity contribution in [1.82, 2.24) is 20.2 Å². The standard InChI is InChI=1S/C25H28FN5O3/c1-15-9-18-23-19(26)11-27-12-21(23)30-24(18)20(10-15)29-22(33)6-5-17-13-34-25(3,4)14-31(17)8-7-28-16(2)32/h9-12,17,30H,7-8,13-14H2,1-4H3,(H,28,32)(H,29,33).